The maximum absolute atomic E-state index is 12.6. The largest absolute Gasteiger partial charge is 0.351 e. The molecule has 2 N–H and O–H groups in total. The van der Waals surface area contributed by atoms with Crippen LogP contribution in [0.3, 0.4) is 0 Å². The fourth-order valence-electron chi connectivity index (χ4n) is 2.72. The van der Waals surface area contributed by atoms with Gasteiger partial charge in [-0.15, -0.1) is 0 Å². The zero-order valence-electron chi connectivity index (χ0n) is 14.3. The summed E-state index contributed by atoms with van der Waals surface area (Å²) in [6, 6.07) is 2.45. The molecule has 0 bridgehead atoms. The van der Waals surface area contributed by atoms with E-state index in [-0.39, 0.29) is 26.5 Å². The first-order valence-electron chi connectivity index (χ1n) is 8.15. The topological polar surface area (TPSA) is 78.5 Å². The molecule has 1 fully saturated rings. The normalized spacial score (nSPS) is 15.7. The average Bonchev–Trinajstić information content (AvgIpc) is 2.98. The van der Waals surface area contributed by atoms with Gasteiger partial charge in [-0.1, -0.05) is 36.0 Å². The number of hydrogen-bond donors (Lipinski definition) is 2. The third-order valence-corrected chi connectivity index (χ3v) is 6.38. The summed E-state index contributed by atoms with van der Waals surface area (Å²) in [6.07, 6.45) is 3.62. The van der Waals surface area contributed by atoms with Crippen molar-refractivity contribution in [3.05, 3.63) is 27.7 Å². The monoisotopic (exact) mass is 407 g/mol. The summed E-state index contributed by atoms with van der Waals surface area (Å²) in [5, 5.41) is 2.84. The van der Waals surface area contributed by atoms with E-state index in [0.29, 0.717) is 13.1 Å². The molecule has 1 aromatic rings. The number of nitrogens with zero attached hydrogens (tertiary/aromatic N) is 1. The molecule has 1 aliphatic carbocycles. The maximum Gasteiger partial charge on any atom is 0.252 e. The highest BCUT2D eigenvalue weighted by Gasteiger charge is 2.26. The van der Waals surface area contributed by atoms with Gasteiger partial charge in [0.25, 0.3) is 5.91 Å². The zero-order valence-corrected chi connectivity index (χ0v) is 16.6. The van der Waals surface area contributed by atoms with E-state index in [1.165, 1.54) is 12.1 Å². The van der Waals surface area contributed by atoms with Gasteiger partial charge in [0.2, 0.25) is 10.0 Å². The maximum atomic E-state index is 12.6. The van der Waals surface area contributed by atoms with Crippen molar-refractivity contribution in [2.24, 2.45) is 0 Å². The van der Waals surface area contributed by atoms with Gasteiger partial charge in [0.1, 0.15) is 4.90 Å². The minimum absolute atomic E-state index is 0.000313. The highest BCUT2D eigenvalue weighted by Crippen LogP contribution is 2.30. The molecule has 0 unspecified atom stereocenters. The Morgan fingerprint density at radius 2 is 1.84 bits per heavy atom. The fourth-order valence-corrected chi connectivity index (χ4v) is 4.89. The predicted molar refractivity (Wildman–Crippen MR) is 99.9 cm³/mol. The van der Waals surface area contributed by atoms with E-state index in [1.54, 1.807) is 0 Å². The lowest BCUT2D eigenvalue weighted by molar-refractivity contribution is 0.0951. The van der Waals surface area contributed by atoms with Gasteiger partial charge in [0, 0.05) is 19.1 Å². The van der Waals surface area contributed by atoms with E-state index in [2.05, 4.69) is 10.0 Å². The molecule has 0 aliphatic heterocycles. The standard InChI is InChI=1S/C16H23Cl2N3O3S/c1-21(2)8-7-19-16(22)12-9-15(14(18)10-13(12)17)25(23,24)20-11-5-3-4-6-11/h9-11,20H,3-8H2,1-2H3,(H,19,22). The van der Waals surface area contributed by atoms with Gasteiger partial charge in [0.05, 0.1) is 15.6 Å². The lowest BCUT2D eigenvalue weighted by Crippen LogP contribution is -2.34. The Balaban J connectivity index is 2.22. The molecule has 1 saturated carbocycles. The lowest BCUT2D eigenvalue weighted by atomic mass is 10.2. The molecule has 1 aromatic carbocycles. The first kappa shape index (κ1) is 20.5. The molecule has 0 atom stereocenters. The summed E-state index contributed by atoms with van der Waals surface area (Å²) >= 11 is 12.2. The van der Waals surface area contributed by atoms with Crippen LogP contribution in [-0.2, 0) is 10.0 Å². The summed E-state index contributed by atoms with van der Waals surface area (Å²) in [5.41, 5.74) is 0.0941. The van der Waals surface area contributed by atoms with Crippen molar-refractivity contribution in [1.29, 1.82) is 0 Å². The van der Waals surface area contributed by atoms with Gasteiger partial charge in [-0.25, -0.2) is 13.1 Å². The second kappa shape index (κ2) is 8.68. The molecular formula is C16H23Cl2N3O3S. The van der Waals surface area contributed by atoms with Crippen LogP contribution in [-0.4, -0.2) is 52.5 Å². The van der Waals surface area contributed by atoms with Crippen LogP contribution in [0.5, 0.6) is 0 Å². The summed E-state index contributed by atoms with van der Waals surface area (Å²) < 4.78 is 27.9. The SMILES string of the molecule is CN(C)CCNC(=O)c1cc(S(=O)(=O)NC2CCCC2)c(Cl)cc1Cl. The molecule has 140 valence electrons. The van der Waals surface area contributed by atoms with Crippen molar-refractivity contribution < 1.29 is 13.2 Å². The molecule has 0 saturated heterocycles. The summed E-state index contributed by atoms with van der Waals surface area (Å²) in [4.78, 5) is 14.1. The predicted octanol–water partition coefficient (Wildman–Crippen LogP) is 2.51. The first-order valence-corrected chi connectivity index (χ1v) is 10.4. The van der Waals surface area contributed by atoms with Crippen molar-refractivity contribution in [2.75, 3.05) is 27.2 Å². The molecular weight excluding hydrogens is 385 g/mol. The quantitative estimate of drug-likeness (QED) is 0.727. The molecule has 6 nitrogen and oxygen atoms in total. The van der Waals surface area contributed by atoms with Crippen molar-refractivity contribution >= 4 is 39.1 Å². The Bertz CT molecular complexity index is 732. The zero-order chi connectivity index (χ0) is 18.6. The van der Waals surface area contributed by atoms with Gasteiger partial charge in [0.15, 0.2) is 0 Å². The number of rotatable bonds is 7. The third-order valence-electron chi connectivity index (χ3n) is 4.08. The van der Waals surface area contributed by atoms with Crippen LogP contribution in [0.15, 0.2) is 17.0 Å². The number of halogens is 2. The number of carbonyl (C=O) groups excluding carboxylic acids is 1. The van der Waals surface area contributed by atoms with E-state index >= 15 is 0 Å². The van der Waals surface area contributed by atoms with E-state index in [1.807, 2.05) is 19.0 Å². The summed E-state index contributed by atoms with van der Waals surface area (Å²) in [7, 11) is -0.0306. The van der Waals surface area contributed by atoms with Crippen molar-refractivity contribution in [2.45, 2.75) is 36.6 Å². The van der Waals surface area contributed by atoms with Gasteiger partial charge < -0.3 is 10.2 Å². The third kappa shape index (κ3) is 5.56. The Morgan fingerprint density at radius 3 is 2.44 bits per heavy atom. The van der Waals surface area contributed by atoms with Crippen LogP contribution < -0.4 is 10.0 Å². The van der Waals surface area contributed by atoms with E-state index in [9.17, 15) is 13.2 Å². The smallest absolute Gasteiger partial charge is 0.252 e. The molecule has 9 heteroatoms. The summed E-state index contributed by atoms with van der Waals surface area (Å²) in [5.74, 6) is -0.430. The van der Waals surface area contributed by atoms with Crippen LogP contribution in [0.1, 0.15) is 36.0 Å². The van der Waals surface area contributed by atoms with Gasteiger partial charge in [-0.3, -0.25) is 4.79 Å². The fraction of sp³-hybridized carbons (Fsp3) is 0.562. The lowest BCUT2D eigenvalue weighted by Gasteiger charge is -2.15. The van der Waals surface area contributed by atoms with Gasteiger partial charge in [-0.2, -0.15) is 0 Å². The number of hydrogen-bond acceptors (Lipinski definition) is 4. The van der Waals surface area contributed by atoms with E-state index in [4.69, 9.17) is 23.2 Å². The molecule has 1 amide bonds. The minimum Gasteiger partial charge on any atom is -0.351 e. The number of nitrogens with one attached hydrogen (secondary N) is 2. The summed E-state index contributed by atoms with van der Waals surface area (Å²) in [6.45, 7) is 1.08. The average molecular weight is 408 g/mol. The molecule has 0 spiro atoms. The van der Waals surface area contributed by atoms with Crippen molar-refractivity contribution in [1.82, 2.24) is 14.9 Å². The van der Waals surface area contributed by atoms with Gasteiger partial charge >= 0.3 is 0 Å². The highest BCUT2D eigenvalue weighted by atomic mass is 35.5. The number of amides is 1. The number of likely N-dealkylation sites (N-methyl/N-ethyl adjacent to an activating group) is 1. The number of carbonyl (C=O) groups is 1. The van der Waals surface area contributed by atoms with Crippen molar-refractivity contribution in [3.63, 3.8) is 0 Å². The minimum atomic E-state index is -3.81. The first-order chi connectivity index (χ1) is 11.7. The van der Waals surface area contributed by atoms with E-state index < -0.39 is 15.9 Å². The Kier molecular flexibility index (Phi) is 7.10. The van der Waals surface area contributed by atoms with Crippen LogP contribution in [0.2, 0.25) is 10.0 Å². The van der Waals surface area contributed by atoms with Crippen LogP contribution >= 0.6 is 23.2 Å². The molecule has 0 radical (unpaired) electrons. The molecule has 0 aromatic heterocycles. The molecule has 2 rings (SSSR count). The Labute approximate surface area is 158 Å². The van der Waals surface area contributed by atoms with E-state index in [0.717, 1.165) is 25.7 Å². The van der Waals surface area contributed by atoms with Crippen molar-refractivity contribution in [3.8, 4) is 0 Å². The molecule has 0 heterocycles. The number of benzene rings is 1. The van der Waals surface area contributed by atoms with Crippen LogP contribution in [0, 0.1) is 0 Å². The van der Waals surface area contributed by atoms with Crippen LogP contribution in [0.4, 0.5) is 0 Å². The molecule has 25 heavy (non-hydrogen) atoms. The Hall–Kier alpha value is -0.860. The highest BCUT2D eigenvalue weighted by molar-refractivity contribution is 7.89. The second-order valence-corrected chi connectivity index (χ2v) is 8.92. The van der Waals surface area contributed by atoms with Crippen LogP contribution in [0.25, 0.3) is 0 Å². The molecule has 1 aliphatic rings. The Morgan fingerprint density at radius 1 is 1.20 bits per heavy atom. The van der Waals surface area contributed by atoms with Gasteiger partial charge in [-0.05, 0) is 39.1 Å². The number of sulfonamides is 1. The second-order valence-electron chi connectivity index (χ2n) is 6.42.